The number of aromatic nitrogens is 3. The SMILES string of the molecule is Nn1c(SCC(=O)Nc2ccc(Cl)cc2F)nnc1-c1ccco1. The Morgan fingerprint density at radius 1 is 1.42 bits per heavy atom. The zero-order chi connectivity index (χ0) is 17.1. The molecule has 0 fully saturated rings. The first-order chi connectivity index (χ1) is 11.5. The van der Waals surface area contributed by atoms with Crippen molar-refractivity contribution in [2.75, 3.05) is 16.9 Å². The maximum atomic E-state index is 13.6. The van der Waals surface area contributed by atoms with E-state index in [1.165, 1.54) is 23.1 Å². The lowest BCUT2D eigenvalue weighted by Gasteiger charge is -2.06. The molecule has 7 nitrogen and oxygen atoms in total. The molecule has 0 radical (unpaired) electrons. The van der Waals surface area contributed by atoms with Gasteiger partial charge in [0.05, 0.1) is 17.7 Å². The average Bonchev–Trinajstić information content (AvgIpc) is 3.18. The topological polar surface area (TPSA) is 99.0 Å². The molecule has 124 valence electrons. The van der Waals surface area contributed by atoms with Crippen molar-refractivity contribution in [2.24, 2.45) is 0 Å². The number of anilines is 1. The Labute approximate surface area is 145 Å². The number of furan rings is 1. The number of halogens is 2. The van der Waals surface area contributed by atoms with Crippen molar-refractivity contribution in [1.82, 2.24) is 14.9 Å². The van der Waals surface area contributed by atoms with Crippen molar-refractivity contribution in [1.29, 1.82) is 0 Å². The Bertz CT molecular complexity index is 868. The summed E-state index contributed by atoms with van der Waals surface area (Å²) in [5, 5.41) is 10.8. The van der Waals surface area contributed by atoms with Crippen LogP contribution in [0.5, 0.6) is 0 Å². The minimum atomic E-state index is -0.608. The Hall–Kier alpha value is -2.52. The summed E-state index contributed by atoms with van der Waals surface area (Å²) in [4.78, 5) is 11.9. The Morgan fingerprint density at radius 2 is 2.25 bits per heavy atom. The van der Waals surface area contributed by atoms with E-state index >= 15 is 0 Å². The van der Waals surface area contributed by atoms with Gasteiger partial charge in [-0.05, 0) is 30.3 Å². The fourth-order valence-electron chi connectivity index (χ4n) is 1.86. The lowest BCUT2D eigenvalue weighted by molar-refractivity contribution is -0.113. The van der Waals surface area contributed by atoms with Gasteiger partial charge in [-0.3, -0.25) is 4.79 Å². The molecule has 0 saturated heterocycles. The summed E-state index contributed by atoms with van der Waals surface area (Å²) < 4.78 is 20.1. The number of rotatable bonds is 5. The standard InChI is InChI=1S/C14H11ClFN5O2S/c15-8-3-4-10(9(16)6-8)18-12(22)7-24-14-20-19-13(21(14)17)11-2-1-5-23-11/h1-6H,7,17H2,(H,18,22). The summed E-state index contributed by atoms with van der Waals surface area (Å²) in [7, 11) is 0. The number of hydrogen-bond donors (Lipinski definition) is 2. The van der Waals surface area contributed by atoms with Gasteiger partial charge in [0.25, 0.3) is 0 Å². The molecule has 2 aromatic heterocycles. The molecule has 0 aliphatic heterocycles. The molecule has 0 unspecified atom stereocenters. The number of thioether (sulfide) groups is 1. The first kappa shape index (κ1) is 16.3. The molecule has 0 bridgehead atoms. The molecule has 0 atom stereocenters. The maximum absolute atomic E-state index is 13.6. The summed E-state index contributed by atoms with van der Waals surface area (Å²) in [5.74, 6) is 5.64. The van der Waals surface area contributed by atoms with E-state index in [1.54, 1.807) is 12.1 Å². The first-order valence-corrected chi connectivity index (χ1v) is 8.03. The second-order valence-electron chi connectivity index (χ2n) is 4.61. The first-order valence-electron chi connectivity index (χ1n) is 6.66. The van der Waals surface area contributed by atoms with Crippen LogP contribution >= 0.6 is 23.4 Å². The third kappa shape index (κ3) is 3.52. The highest BCUT2D eigenvalue weighted by molar-refractivity contribution is 7.99. The number of carbonyl (C=O) groups excluding carboxylic acids is 1. The van der Waals surface area contributed by atoms with E-state index in [9.17, 15) is 9.18 Å². The van der Waals surface area contributed by atoms with Crippen LogP contribution in [0, 0.1) is 5.82 Å². The molecule has 10 heteroatoms. The van der Waals surface area contributed by atoms with Crippen LogP contribution < -0.4 is 11.2 Å². The van der Waals surface area contributed by atoms with E-state index in [0.717, 1.165) is 17.8 Å². The van der Waals surface area contributed by atoms with Gasteiger partial charge in [-0.15, -0.1) is 10.2 Å². The number of nitrogens with two attached hydrogens (primary N) is 1. The van der Waals surface area contributed by atoms with Crippen LogP contribution in [0.15, 0.2) is 46.2 Å². The van der Waals surface area contributed by atoms with Crippen molar-refractivity contribution >= 4 is 35.0 Å². The van der Waals surface area contributed by atoms with Crippen LogP contribution in [0.1, 0.15) is 0 Å². The van der Waals surface area contributed by atoms with Crippen molar-refractivity contribution in [3.63, 3.8) is 0 Å². The summed E-state index contributed by atoms with van der Waals surface area (Å²) >= 11 is 6.72. The highest BCUT2D eigenvalue weighted by Gasteiger charge is 2.16. The highest BCUT2D eigenvalue weighted by atomic mass is 35.5. The van der Waals surface area contributed by atoms with Crippen molar-refractivity contribution in [3.8, 4) is 11.6 Å². The van der Waals surface area contributed by atoms with Gasteiger partial charge in [-0.1, -0.05) is 23.4 Å². The number of nitrogens with one attached hydrogen (secondary N) is 1. The number of hydrogen-bond acceptors (Lipinski definition) is 6. The van der Waals surface area contributed by atoms with E-state index < -0.39 is 11.7 Å². The predicted octanol–water partition coefficient (Wildman–Crippen LogP) is 2.78. The second kappa shape index (κ2) is 6.93. The fourth-order valence-corrected chi connectivity index (χ4v) is 2.67. The second-order valence-corrected chi connectivity index (χ2v) is 5.99. The summed E-state index contributed by atoms with van der Waals surface area (Å²) in [6.45, 7) is 0. The van der Waals surface area contributed by atoms with Gasteiger partial charge in [0.2, 0.25) is 16.9 Å². The largest absolute Gasteiger partial charge is 0.461 e. The number of nitrogens with zero attached hydrogens (tertiary/aromatic N) is 3. The molecule has 3 rings (SSSR count). The molecule has 0 aliphatic carbocycles. The Kier molecular flexibility index (Phi) is 4.72. The summed E-state index contributed by atoms with van der Waals surface area (Å²) in [6, 6.07) is 7.39. The molecule has 0 saturated carbocycles. The Balaban J connectivity index is 1.62. The van der Waals surface area contributed by atoms with Crippen molar-refractivity contribution in [3.05, 3.63) is 47.4 Å². The van der Waals surface area contributed by atoms with Crippen LogP contribution in [0.4, 0.5) is 10.1 Å². The van der Waals surface area contributed by atoms with Gasteiger partial charge in [-0.25, -0.2) is 9.07 Å². The predicted molar refractivity (Wildman–Crippen MR) is 88.6 cm³/mol. The molecule has 1 aromatic carbocycles. The van der Waals surface area contributed by atoms with Crippen molar-refractivity contribution < 1.29 is 13.6 Å². The van der Waals surface area contributed by atoms with Gasteiger partial charge in [0.15, 0.2) is 5.76 Å². The molecule has 24 heavy (non-hydrogen) atoms. The molecule has 3 N–H and O–H groups in total. The number of amides is 1. The monoisotopic (exact) mass is 367 g/mol. The van der Waals surface area contributed by atoms with Gasteiger partial charge in [-0.2, -0.15) is 0 Å². The van der Waals surface area contributed by atoms with Gasteiger partial charge < -0.3 is 15.6 Å². The smallest absolute Gasteiger partial charge is 0.234 e. The Morgan fingerprint density at radius 3 is 2.96 bits per heavy atom. The molecular formula is C14H11ClFN5O2S. The molecule has 0 aliphatic rings. The number of carbonyl (C=O) groups is 1. The number of nitrogen functional groups attached to an aromatic ring is 1. The molecular weight excluding hydrogens is 357 g/mol. The van der Waals surface area contributed by atoms with Crippen LogP contribution in [-0.2, 0) is 4.79 Å². The zero-order valence-corrected chi connectivity index (χ0v) is 13.6. The summed E-state index contributed by atoms with van der Waals surface area (Å²) in [5.41, 5.74) is 0.0514. The van der Waals surface area contributed by atoms with Gasteiger partial charge in [0, 0.05) is 5.02 Å². The average molecular weight is 368 g/mol. The van der Waals surface area contributed by atoms with Crippen LogP contribution in [-0.4, -0.2) is 26.5 Å². The van der Waals surface area contributed by atoms with Gasteiger partial charge >= 0.3 is 0 Å². The molecule has 3 aromatic rings. The third-order valence-electron chi connectivity index (χ3n) is 2.94. The van der Waals surface area contributed by atoms with E-state index in [2.05, 4.69) is 15.5 Å². The van der Waals surface area contributed by atoms with Gasteiger partial charge in [0.1, 0.15) is 5.82 Å². The minimum absolute atomic E-state index is 0.0183. The summed E-state index contributed by atoms with van der Waals surface area (Å²) in [6.07, 6.45) is 1.49. The lowest BCUT2D eigenvalue weighted by Crippen LogP contribution is -2.17. The normalized spacial score (nSPS) is 10.8. The van der Waals surface area contributed by atoms with E-state index in [-0.39, 0.29) is 16.5 Å². The van der Waals surface area contributed by atoms with Crippen LogP contribution in [0.25, 0.3) is 11.6 Å². The van der Waals surface area contributed by atoms with Crippen molar-refractivity contribution in [2.45, 2.75) is 5.16 Å². The quantitative estimate of drug-likeness (QED) is 0.531. The van der Waals surface area contributed by atoms with Crippen LogP contribution in [0.2, 0.25) is 5.02 Å². The van der Waals surface area contributed by atoms with E-state index in [1.807, 2.05) is 0 Å². The fraction of sp³-hybridized carbons (Fsp3) is 0.0714. The lowest BCUT2D eigenvalue weighted by atomic mass is 10.3. The molecule has 1 amide bonds. The molecule has 2 heterocycles. The van der Waals surface area contributed by atoms with E-state index in [4.69, 9.17) is 21.9 Å². The maximum Gasteiger partial charge on any atom is 0.234 e. The van der Waals surface area contributed by atoms with Crippen LogP contribution in [0.3, 0.4) is 0 Å². The minimum Gasteiger partial charge on any atom is -0.461 e. The molecule has 0 spiro atoms. The van der Waals surface area contributed by atoms with E-state index in [0.29, 0.717) is 16.7 Å². The zero-order valence-electron chi connectivity index (χ0n) is 12.1. The highest BCUT2D eigenvalue weighted by Crippen LogP contribution is 2.23. The number of benzene rings is 1. The third-order valence-corrected chi connectivity index (χ3v) is 4.12.